The van der Waals surface area contributed by atoms with Gasteiger partial charge in [0.1, 0.15) is 11.5 Å². The van der Waals surface area contributed by atoms with E-state index in [0.29, 0.717) is 37.3 Å². The van der Waals surface area contributed by atoms with Crippen molar-refractivity contribution in [2.45, 2.75) is 44.2 Å². The maximum absolute atomic E-state index is 12.6. The molecule has 9 heteroatoms. The number of carbonyl (C=O) groups is 3. The van der Waals surface area contributed by atoms with E-state index in [4.69, 9.17) is 0 Å². The van der Waals surface area contributed by atoms with Crippen LogP contribution in [0.3, 0.4) is 0 Å². The quantitative estimate of drug-likeness (QED) is 0.650. The molecule has 0 aromatic carbocycles. The van der Waals surface area contributed by atoms with Crippen LogP contribution < -0.4 is 16.0 Å². The fraction of sp³-hybridized carbons (Fsp3) is 0.619. The Kier molecular flexibility index (Phi) is 6.17. The minimum atomic E-state index is -0.715. The number of aromatic nitrogens is 1. The summed E-state index contributed by atoms with van der Waals surface area (Å²) in [6.45, 7) is 4.10. The molecule has 0 radical (unpaired) electrons. The summed E-state index contributed by atoms with van der Waals surface area (Å²) in [6, 6.07) is 3.44. The second-order valence-corrected chi connectivity index (χ2v) is 8.38. The average molecular weight is 415 g/mol. The average Bonchev–Trinajstić information content (AvgIpc) is 2.89. The zero-order valence-electron chi connectivity index (χ0n) is 17.3. The van der Waals surface area contributed by atoms with Crippen LogP contribution in [-0.4, -0.2) is 77.4 Å². The number of nitrogens with one attached hydrogen (secondary N) is 3. The first-order valence-electron chi connectivity index (χ1n) is 10.9. The summed E-state index contributed by atoms with van der Waals surface area (Å²) >= 11 is 0. The molecule has 2 saturated heterocycles. The van der Waals surface area contributed by atoms with Crippen molar-refractivity contribution >= 4 is 23.5 Å². The van der Waals surface area contributed by atoms with Gasteiger partial charge in [0, 0.05) is 38.7 Å². The number of pyridine rings is 1. The largest absolute Gasteiger partial charge is 0.353 e. The lowest BCUT2D eigenvalue weighted by Crippen LogP contribution is -2.58. The van der Waals surface area contributed by atoms with Crippen LogP contribution in [0.15, 0.2) is 18.3 Å². The smallest absolute Gasteiger partial charge is 0.256 e. The number of anilines is 1. The standard InChI is InChI=1S/C21H30N6O3/c28-17(22-10-14-26-11-2-1-3-12-26)15-27-13-8-21(7-6-18(27)29)24-19-16(20(30)25-21)5-4-9-23-19/h4-5,9H,1-3,6-8,10-15H2,(H,22,28)(H,23,24)(H,25,30). The van der Waals surface area contributed by atoms with Gasteiger partial charge in [-0.15, -0.1) is 0 Å². The molecule has 1 aromatic heterocycles. The Morgan fingerprint density at radius 1 is 1.13 bits per heavy atom. The van der Waals surface area contributed by atoms with E-state index in [1.807, 2.05) is 0 Å². The van der Waals surface area contributed by atoms with Crippen LogP contribution in [0.1, 0.15) is 48.9 Å². The van der Waals surface area contributed by atoms with Gasteiger partial charge in [0.25, 0.3) is 5.91 Å². The SMILES string of the molecule is O=C(CN1CCC2(CCC1=O)NC(=O)c1cccnc1N2)NCCN1CCCCC1. The third-order valence-electron chi connectivity index (χ3n) is 6.22. The number of nitrogens with zero attached hydrogens (tertiary/aromatic N) is 3. The second-order valence-electron chi connectivity index (χ2n) is 8.38. The molecule has 9 nitrogen and oxygen atoms in total. The van der Waals surface area contributed by atoms with Crippen LogP contribution in [0.25, 0.3) is 0 Å². The predicted octanol–water partition coefficient (Wildman–Crippen LogP) is 0.548. The number of likely N-dealkylation sites (tertiary alicyclic amines) is 2. The minimum absolute atomic E-state index is 0.0533. The molecule has 3 amide bonds. The van der Waals surface area contributed by atoms with Gasteiger partial charge < -0.3 is 25.8 Å². The van der Waals surface area contributed by atoms with Gasteiger partial charge in [0.05, 0.1) is 12.1 Å². The summed E-state index contributed by atoms with van der Waals surface area (Å²) in [5.74, 6) is 0.149. The van der Waals surface area contributed by atoms with E-state index in [0.717, 1.165) is 19.6 Å². The van der Waals surface area contributed by atoms with Crippen molar-refractivity contribution in [3.05, 3.63) is 23.9 Å². The molecule has 1 atom stereocenters. The topological polar surface area (TPSA) is 107 Å². The number of amides is 3. The first-order chi connectivity index (χ1) is 14.5. The van der Waals surface area contributed by atoms with E-state index in [2.05, 4.69) is 25.8 Å². The van der Waals surface area contributed by atoms with E-state index < -0.39 is 5.66 Å². The lowest BCUT2D eigenvalue weighted by Gasteiger charge is -2.39. The molecule has 1 spiro atoms. The fourth-order valence-corrected chi connectivity index (χ4v) is 4.47. The molecule has 3 N–H and O–H groups in total. The van der Waals surface area contributed by atoms with Crippen LogP contribution in [0.2, 0.25) is 0 Å². The molecule has 3 aliphatic rings. The Morgan fingerprint density at radius 3 is 2.80 bits per heavy atom. The summed E-state index contributed by atoms with van der Waals surface area (Å²) in [5.41, 5.74) is -0.211. The predicted molar refractivity (Wildman–Crippen MR) is 112 cm³/mol. The molecule has 1 aromatic rings. The van der Waals surface area contributed by atoms with Gasteiger partial charge in [-0.05, 0) is 44.5 Å². The molecule has 0 aliphatic carbocycles. The van der Waals surface area contributed by atoms with Crippen molar-refractivity contribution in [2.75, 3.05) is 44.6 Å². The van der Waals surface area contributed by atoms with Crippen molar-refractivity contribution in [3.63, 3.8) is 0 Å². The van der Waals surface area contributed by atoms with Crippen molar-refractivity contribution < 1.29 is 14.4 Å². The first kappa shape index (κ1) is 20.6. The number of hydrogen-bond donors (Lipinski definition) is 3. The van der Waals surface area contributed by atoms with Crippen molar-refractivity contribution in [3.8, 4) is 0 Å². The summed E-state index contributed by atoms with van der Waals surface area (Å²) < 4.78 is 0. The van der Waals surface area contributed by atoms with E-state index in [1.165, 1.54) is 19.3 Å². The number of piperidine rings is 1. The minimum Gasteiger partial charge on any atom is -0.353 e. The highest BCUT2D eigenvalue weighted by molar-refractivity contribution is 6.01. The fourth-order valence-electron chi connectivity index (χ4n) is 4.47. The third-order valence-corrected chi connectivity index (χ3v) is 6.22. The molecule has 4 rings (SSSR count). The highest BCUT2D eigenvalue weighted by atomic mass is 16.2. The number of carbonyl (C=O) groups excluding carboxylic acids is 3. The zero-order valence-corrected chi connectivity index (χ0v) is 17.3. The summed E-state index contributed by atoms with van der Waals surface area (Å²) in [5, 5.41) is 9.28. The van der Waals surface area contributed by atoms with Gasteiger partial charge in [-0.1, -0.05) is 6.42 Å². The van der Waals surface area contributed by atoms with Crippen LogP contribution in [0, 0.1) is 0 Å². The van der Waals surface area contributed by atoms with E-state index in [-0.39, 0.29) is 30.7 Å². The molecule has 1 unspecified atom stereocenters. The van der Waals surface area contributed by atoms with Crippen molar-refractivity contribution in [1.82, 2.24) is 25.4 Å². The molecule has 0 saturated carbocycles. The molecule has 2 fully saturated rings. The van der Waals surface area contributed by atoms with Crippen LogP contribution in [0.4, 0.5) is 5.82 Å². The Labute approximate surface area is 176 Å². The number of rotatable bonds is 5. The molecule has 3 aliphatic heterocycles. The first-order valence-corrected chi connectivity index (χ1v) is 10.9. The molecule has 0 bridgehead atoms. The van der Waals surface area contributed by atoms with Crippen molar-refractivity contribution in [1.29, 1.82) is 0 Å². The zero-order chi connectivity index (χ0) is 21.0. The third kappa shape index (κ3) is 4.72. The molecular formula is C21H30N6O3. The Hall–Kier alpha value is -2.68. The van der Waals surface area contributed by atoms with Gasteiger partial charge in [-0.2, -0.15) is 0 Å². The molecule has 162 valence electrons. The molecule has 4 heterocycles. The highest BCUT2D eigenvalue weighted by Crippen LogP contribution is 2.30. The van der Waals surface area contributed by atoms with Gasteiger partial charge in [0.15, 0.2) is 0 Å². The number of fused-ring (bicyclic) bond motifs is 1. The van der Waals surface area contributed by atoms with Crippen LogP contribution in [-0.2, 0) is 9.59 Å². The van der Waals surface area contributed by atoms with E-state index in [9.17, 15) is 14.4 Å². The normalized spacial score (nSPS) is 24.6. The Morgan fingerprint density at radius 2 is 1.97 bits per heavy atom. The number of hydrogen-bond acceptors (Lipinski definition) is 6. The highest BCUT2D eigenvalue weighted by Gasteiger charge is 2.41. The monoisotopic (exact) mass is 414 g/mol. The van der Waals surface area contributed by atoms with E-state index >= 15 is 0 Å². The van der Waals surface area contributed by atoms with Crippen LogP contribution in [0.5, 0.6) is 0 Å². The molecule has 30 heavy (non-hydrogen) atoms. The van der Waals surface area contributed by atoms with Crippen LogP contribution >= 0.6 is 0 Å². The van der Waals surface area contributed by atoms with E-state index in [1.54, 1.807) is 23.2 Å². The van der Waals surface area contributed by atoms with Gasteiger partial charge >= 0.3 is 0 Å². The van der Waals surface area contributed by atoms with Gasteiger partial charge in [-0.3, -0.25) is 14.4 Å². The maximum atomic E-state index is 12.6. The lowest BCUT2D eigenvalue weighted by molar-refractivity contribution is -0.135. The Bertz CT molecular complexity index is 810. The van der Waals surface area contributed by atoms with Gasteiger partial charge in [0.2, 0.25) is 11.8 Å². The van der Waals surface area contributed by atoms with Crippen molar-refractivity contribution in [2.24, 2.45) is 0 Å². The maximum Gasteiger partial charge on any atom is 0.256 e. The lowest BCUT2D eigenvalue weighted by atomic mass is 9.97. The summed E-state index contributed by atoms with van der Waals surface area (Å²) in [4.78, 5) is 45.7. The summed E-state index contributed by atoms with van der Waals surface area (Å²) in [7, 11) is 0. The van der Waals surface area contributed by atoms with Gasteiger partial charge in [-0.25, -0.2) is 4.98 Å². The summed E-state index contributed by atoms with van der Waals surface area (Å²) in [6.07, 6.45) is 6.61. The Balaban J connectivity index is 1.30. The molecular weight excluding hydrogens is 384 g/mol. The second kappa shape index (κ2) is 8.99.